The van der Waals surface area contributed by atoms with E-state index < -0.39 is 28.5 Å². The summed E-state index contributed by atoms with van der Waals surface area (Å²) >= 11 is 12.5. The van der Waals surface area contributed by atoms with Gasteiger partial charge in [-0.05, 0) is 48.6 Å². The van der Waals surface area contributed by atoms with E-state index in [-0.39, 0.29) is 45.0 Å². The van der Waals surface area contributed by atoms with Crippen molar-refractivity contribution in [1.29, 1.82) is 0 Å². The third-order valence-electron chi connectivity index (χ3n) is 5.89. The van der Waals surface area contributed by atoms with E-state index in [1.54, 1.807) is 6.07 Å². The lowest BCUT2D eigenvalue weighted by atomic mass is 10.0. The molecule has 1 atom stereocenters. The van der Waals surface area contributed by atoms with Crippen molar-refractivity contribution >= 4 is 39.0 Å². The summed E-state index contributed by atoms with van der Waals surface area (Å²) in [5.74, 6) is -0.911. The summed E-state index contributed by atoms with van der Waals surface area (Å²) in [4.78, 5) is 12.8. The van der Waals surface area contributed by atoms with E-state index in [1.165, 1.54) is 42.5 Å². The van der Waals surface area contributed by atoms with Crippen LogP contribution in [0.2, 0.25) is 10.0 Å². The zero-order chi connectivity index (χ0) is 28.9. The van der Waals surface area contributed by atoms with Gasteiger partial charge in [-0.15, -0.1) is 0 Å². The van der Waals surface area contributed by atoms with Crippen LogP contribution < -0.4 is 14.2 Å². The number of hydrogen-bond donors (Lipinski definition) is 0. The highest BCUT2D eigenvalue weighted by molar-refractivity contribution is 7.94. The van der Waals surface area contributed by atoms with Gasteiger partial charge >= 0.3 is 12.6 Å². The monoisotopic (exact) mass is 613 g/mol. The Bertz CT molecular complexity index is 1480. The summed E-state index contributed by atoms with van der Waals surface area (Å²) in [6, 6.07) is 11.5. The average molecular weight is 614 g/mol. The Balaban J connectivity index is 1.65. The average Bonchev–Trinajstić information content (AvgIpc) is 3.73. The molecule has 0 amide bonds. The number of halogens is 4. The number of nitrogens with zero attached hydrogens (tertiary/aromatic N) is 1. The number of sulfone groups is 1. The van der Waals surface area contributed by atoms with Crippen molar-refractivity contribution in [2.24, 2.45) is 5.92 Å². The third-order valence-corrected chi connectivity index (χ3v) is 7.96. The molecule has 0 bridgehead atoms. The summed E-state index contributed by atoms with van der Waals surface area (Å²) in [6.45, 7) is -2.81. The lowest BCUT2D eigenvalue weighted by Gasteiger charge is -2.21. The second-order valence-corrected chi connectivity index (χ2v) is 11.6. The summed E-state index contributed by atoms with van der Waals surface area (Å²) in [5.41, 5.74) is 0.563. The molecular formula is C27H23Cl2F2NO7S. The molecule has 3 aromatic rings. The van der Waals surface area contributed by atoms with E-state index >= 15 is 0 Å². The number of pyridine rings is 1. The van der Waals surface area contributed by atoms with Crippen LogP contribution in [0.1, 0.15) is 30.1 Å². The molecule has 13 heteroatoms. The molecule has 0 N–H and O–H groups in total. The largest absolute Gasteiger partial charge is 0.619 e. The van der Waals surface area contributed by atoms with Gasteiger partial charge in [0.25, 0.3) is 0 Å². The molecule has 1 fully saturated rings. The predicted molar refractivity (Wildman–Crippen MR) is 142 cm³/mol. The molecule has 0 radical (unpaired) electrons. The molecule has 40 heavy (non-hydrogen) atoms. The molecule has 1 aromatic heterocycles. The minimum atomic E-state index is -3.94. The molecule has 4 rings (SSSR count). The Morgan fingerprint density at radius 1 is 1.07 bits per heavy atom. The van der Waals surface area contributed by atoms with Crippen molar-refractivity contribution in [1.82, 2.24) is 0 Å². The summed E-state index contributed by atoms with van der Waals surface area (Å²) in [7, 11) is -3.94. The number of rotatable bonds is 12. The van der Waals surface area contributed by atoms with Gasteiger partial charge in [0.2, 0.25) is 0 Å². The van der Waals surface area contributed by atoms with E-state index in [4.69, 9.17) is 32.7 Å². The maximum absolute atomic E-state index is 13.0. The molecule has 0 spiro atoms. The van der Waals surface area contributed by atoms with E-state index in [0.717, 1.165) is 31.3 Å². The molecule has 1 unspecified atom stereocenters. The molecular weight excluding hydrogens is 591 g/mol. The van der Waals surface area contributed by atoms with Crippen LogP contribution in [0.3, 0.4) is 0 Å². The molecule has 2 aromatic carbocycles. The maximum Gasteiger partial charge on any atom is 0.387 e. The highest BCUT2D eigenvalue weighted by Gasteiger charge is 2.26. The van der Waals surface area contributed by atoms with E-state index in [1.807, 2.05) is 0 Å². The van der Waals surface area contributed by atoms with Crippen molar-refractivity contribution in [2.45, 2.75) is 36.9 Å². The minimum Gasteiger partial charge on any atom is -0.619 e. The summed E-state index contributed by atoms with van der Waals surface area (Å²) in [6.07, 6.45) is 3.52. The standard InChI is InChI=1S/C27H23Cl2F2NO7S/c28-21-14-32(34)15-22(29)20(21)13-24(38-26(33)10-11-40(35,36)19-4-2-1-3-5-19)18-8-9-23(39-27(30)31)25(12-18)37-16-17-6-7-17/h1-5,8-12,14-15,17,24,27H,6-7,13,16H2/b11-10-. The van der Waals surface area contributed by atoms with Gasteiger partial charge in [0.1, 0.15) is 16.1 Å². The number of hydrogen-bond acceptors (Lipinski definition) is 7. The first-order valence-electron chi connectivity index (χ1n) is 12.0. The topological polar surface area (TPSA) is 106 Å². The second kappa shape index (κ2) is 12.8. The van der Waals surface area contributed by atoms with Gasteiger partial charge in [-0.2, -0.15) is 13.5 Å². The summed E-state index contributed by atoms with van der Waals surface area (Å²) < 4.78 is 67.4. The van der Waals surface area contributed by atoms with Crippen molar-refractivity contribution in [3.05, 3.63) is 98.8 Å². The first-order valence-corrected chi connectivity index (χ1v) is 14.3. The van der Waals surface area contributed by atoms with E-state index in [2.05, 4.69) is 4.74 Å². The first kappa shape index (κ1) is 29.6. The minimum absolute atomic E-state index is 0.00592. The van der Waals surface area contributed by atoms with Gasteiger partial charge in [-0.25, -0.2) is 13.2 Å². The molecule has 0 saturated heterocycles. The Kier molecular flexibility index (Phi) is 9.49. The van der Waals surface area contributed by atoms with Crippen molar-refractivity contribution < 1.29 is 40.9 Å². The van der Waals surface area contributed by atoms with Crippen LogP contribution in [-0.4, -0.2) is 27.6 Å². The molecule has 8 nitrogen and oxygen atoms in total. The van der Waals surface area contributed by atoms with Gasteiger partial charge in [0, 0.05) is 23.5 Å². The number of aromatic nitrogens is 1. The van der Waals surface area contributed by atoms with Gasteiger partial charge in [-0.3, -0.25) is 0 Å². The van der Waals surface area contributed by atoms with Crippen molar-refractivity contribution in [2.75, 3.05) is 6.61 Å². The van der Waals surface area contributed by atoms with Crippen molar-refractivity contribution in [3.8, 4) is 11.5 Å². The number of ether oxygens (including phenoxy) is 3. The van der Waals surface area contributed by atoms with Crippen LogP contribution in [0.4, 0.5) is 8.78 Å². The van der Waals surface area contributed by atoms with Crippen LogP contribution in [0.25, 0.3) is 0 Å². The number of carbonyl (C=O) groups excluding carboxylic acids is 1. The Morgan fingerprint density at radius 3 is 2.38 bits per heavy atom. The smallest absolute Gasteiger partial charge is 0.387 e. The predicted octanol–water partition coefficient (Wildman–Crippen LogP) is 5.83. The highest BCUT2D eigenvalue weighted by Crippen LogP contribution is 2.37. The van der Waals surface area contributed by atoms with E-state index in [0.29, 0.717) is 21.6 Å². The number of alkyl halides is 2. The lowest BCUT2D eigenvalue weighted by Crippen LogP contribution is -2.25. The fraction of sp³-hybridized carbons (Fsp3) is 0.259. The molecule has 212 valence electrons. The molecule has 0 aliphatic heterocycles. The van der Waals surface area contributed by atoms with Crippen molar-refractivity contribution in [3.63, 3.8) is 0 Å². The molecule has 1 saturated carbocycles. The van der Waals surface area contributed by atoms with Gasteiger partial charge < -0.3 is 19.4 Å². The lowest BCUT2D eigenvalue weighted by molar-refractivity contribution is -0.605. The van der Waals surface area contributed by atoms with Gasteiger partial charge in [-0.1, -0.05) is 47.5 Å². The fourth-order valence-corrected chi connectivity index (χ4v) is 5.26. The fourth-order valence-electron chi connectivity index (χ4n) is 3.68. The number of benzene rings is 2. The second-order valence-electron chi connectivity index (χ2n) is 8.92. The number of carbonyl (C=O) groups is 1. The Labute approximate surface area is 239 Å². The van der Waals surface area contributed by atoms with Crippen LogP contribution >= 0.6 is 23.2 Å². The van der Waals surface area contributed by atoms with Gasteiger partial charge in [0.15, 0.2) is 33.7 Å². The zero-order valence-corrected chi connectivity index (χ0v) is 23.0. The van der Waals surface area contributed by atoms with Crippen LogP contribution in [0.15, 0.2) is 77.3 Å². The Hall–Kier alpha value is -3.41. The van der Waals surface area contributed by atoms with Crippen LogP contribution in [-0.2, 0) is 25.8 Å². The quantitative estimate of drug-likeness (QED) is 0.109. The third kappa shape index (κ3) is 8.06. The summed E-state index contributed by atoms with van der Waals surface area (Å²) in [5, 5.41) is 12.4. The maximum atomic E-state index is 13.0. The SMILES string of the molecule is O=C(/C=C\S(=O)(=O)c1ccccc1)OC(Cc1c(Cl)c[n+]([O-])cc1Cl)c1ccc(OC(F)F)c(OCC2CC2)c1. The molecule has 1 aliphatic rings. The van der Waals surface area contributed by atoms with Gasteiger partial charge in [0.05, 0.1) is 11.5 Å². The van der Waals surface area contributed by atoms with E-state index in [9.17, 15) is 27.2 Å². The number of esters is 1. The van der Waals surface area contributed by atoms with Crippen LogP contribution in [0, 0.1) is 11.1 Å². The Morgan fingerprint density at radius 2 is 1.75 bits per heavy atom. The normalized spacial score (nSPS) is 14.3. The molecule has 1 aliphatic carbocycles. The molecule has 1 heterocycles. The first-order chi connectivity index (χ1) is 19.0. The zero-order valence-electron chi connectivity index (χ0n) is 20.7. The highest BCUT2D eigenvalue weighted by atomic mass is 35.5. The van der Waals surface area contributed by atoms with Crippen LogP contribution in [0.5, 0.6) is 11.5 Å².